The summed E-state index contributed by atoms with van der Waals surface area (Å²) in [4.78, 5) is 15.6. The number of amides is 1. The van der Waals surface area contributed by atoms with Crippen LogP contribution >= 0.6 is 0 Å². The fourth-order valence-corrected chi connectivity index (χ4v) is 4.64. The summed E-state index contributed by atoms with van der Waals surface area (Å²) in [5.41, 5.74) is 6.14. The van der Waals surface area contributed by atoms with Crippen molar-refractivity contribution in [3.63, 3.8) is 0 Å². The standard InChI is InChI=1S/C25H28F4N6O3S/c1-23(26,15-32-35-31)13-20(22(36)34-24(14-30)11-12-24)33-21(25(27,28)29)18-5-3-16(4-6-18)17-7-9-19(10-8-17)39(2,37)38/h3-10,14,20-21,30,33H,11-13,15H2,1-2H3,(H,34,36)/t20-,21-,23?/m0/s1. The zero-order chi connectivity index (χ0) is 29.1. The van der Waals surface area contributed by atoms with Crippen LogP contribution in [0.3, 0.4) is 0 Å². The molecule has 2 aromatic rings. The molecular weight excluding hydrogens is 540 g/mol. The number of hydrogen-bond acceptors (Lipinski definition) is 6. The molecule has 0 radical (unpaired) electrons. The van der Waals surface area contributed by atoms with Crippen LogP contribution in [0.15, 0.2) is 58.5 Å². The van der Waals surface area contributed by atoms with E-state index in [4.69, 9.17) is 10.9 Å². The molecule has 1 aliphatic rings. The van der Waals surface area contributed by atoms with Crippen molar-refractivity contribution < 1.29 is 30.8 Å². The van der Waals surface area contributed by atoms with Crippen LogP contribution in [-0.4, -0.2) is 56.8 Å². The summed E-state index contributed by atoms with van der Waals surface area (Å²) >= 11 is 0. The van der Waals surface area contributed by atoms with Gasteiger partial charge in [-0.1, -0.05) is 41.5 Å². The van der Waals surface area contributed by atoms with Crippen LogP contribution in [0.4, 0.5) is 17.6 Å². The maximum atomic E-state index is 15.1. The average molecular weight is 569 g/mol. The summed E-state index contributed by atoms with van der Waals surface area (Å²) in [5, 5.41) is 15.4. The molecule has 2 aromatic carbocycles. The second-order valence-electron chi connectivity index (χ2n) is 9.91. The highest BCUT2D eigenvalue weighted by Crippen LogP contribution is 2.36. The van der Waals surface area contributed by atoms with Gasteiger partial charge in [0.2, 0.25) is 5.91 Å². The lowest BCUT2D eigenvalue weighted by Crippen LogP contribution is -2.54. The Balaban J connectivity index is 1.89. The van der Waals surface area contributed by atoms with Crippen LogP contribution in [0.5, 0.6) is 0 Å². The Morgan fingerprint density at radius 3 is 2.10 bits per heavy atom. The number of nitrogens with one attached hydrogen (secondary N) is 3. The summed E-state index contributed by atoms with van der Waals surface area (Å²) in [6, 6.07) is 7.14. The van der Waals surface area contributed by atoms with Crippen LogP contribution in [0.1, 0.15) is 37.8 Å². The van der Waals surface area contributed by atoms with E-state index in [1.807, 2.05) is 0 Å². The van der Waals surface area contributed by atoms with Crippen LogP contribution in [0.2, 0.25) is 0 Å². The van der Waals surface area contributed by atoms with Gasteiger partial charge in [0.25, 0.3) is 0 Å². The lowest BCUT2D eigenvalue weighted by atomic mass is 9.95. The minimum absolute atomic E-state index is 0.102. The Morgan fingerprint density at radius 2 is 1.67 bits per heavy atom. The maximum Gasteiger partial charge on any atom is 0.407 e. The molecule has 0 aromatic heterocycles. The molecular formula is C25H28F4N6O3S. The van der Waals surface area contributed by atoms with E-state index in [0.29, 0.717) is 24.0 Å². The number of halogens is 4. The number of azide groups is 1. The molecule has 0 aliphatic heterocycles. The quantitative estimate of drug-likeness (QED) is 0.108. The summed E-state index contributed by atoms with van der Waals surface area (Å²) in [6.07, 6.45) is -2.64. The van der Waals surface area contributed by atoms with Gasteiger partial charge in [0.15, 0.2) is 9.84 Å². The van der Waals surface area contributed by atoms with Gasteiger partial charge in [-0.05, 0) is 54.1 Å². The number of alkyl halides is 4. The maximum absolute atomic E-state index is 15.1. The number of rotatable bonds is 12. The normalized spacial score (nSPS) is 17.7. The van der Waals surface area contributed by atoms with E-state index in [0.717, 1.165) is 19.4 Å². The Labute approximate surface area is 223 Å². The van der Waals surface area contributed by atoms with Gasteiger partial charge in [-0.3, -0.25) is 10.1 Å². The first-order valence-corrected chi connectivity index (χ1v) is 13.7. The molecule has 0 spiro atoms. The van der Waals surface area contributed by atoms with E-state index < -0.39 is 58.2 Å². The predicted octanol–water partition coefficient (Wildman–Crippen LogP) is 5.05. The third-order valence-corrected chi connectivity index (χ3v) is 7.53. The molecule has 3 N–H and O–H groups in total. The Bertz CT molecular complexity index is 1350. The van der Waals surface area contributed by atoms with Crippen molar-refractivity contribution in [1.29, 1.82) is 5.41 Å². The smallest absolute Gasteiger partial charge is 0.344 e. The monoisotopic (exact) mass is 568 g/mol. The summed E-state index contributed by atoms with van der Waals surface area (Å²) in [7, 11) is -3.41. The third-order valence-electron chi connectivity index (χ3n) is 6.40. The number of carbonyl (C=O) groups excluding carboxylic acids is 1. The van der Waals surface area contributed by atoms with Gasteiger partial charge >= 0.3 is 6.18 Å². The fraction of sp³-hybridized carbons (Fsp3) is 0.440. The first-order valence-electron chi connectivity index (χ1n) is 11.9. The molecule has 1 aliphatic carbocycles. The third kappa shape index (κ3) is 8.01. The second kappa shape index (κ2) is 11.3. The van der Waals surface area contributed by atoms with Crippen molar-refractivity contribution in [3.05, 3.63) is 64.5 Å². The van der Waals surface area contributed by atoms with Gasteiger partial charge in [0.1, 0.15) is 11.7 Å². The first kappa shape index (κ1) is 30.1. The van der Waals surface area contributed by atoms with Crippen LogP contribution in [0, 0.1) is 5.41 Å². The first-order chi connectivity index (χ1) is 18.1. The van der Waals surface area contributed by atoms with Crippen LogP contribution in [-0.2, 0) is 14.6 Å². The molecule has 0 heterocycles. The molecule has 0 saturated heterocycles. The molecule has 14 heteroatoms. The van der Waals surface area contributed by atoms with Crippen molar-refractivity contribution in [2.45, 2.75) is 60.5 Å². The van der Waals surface area contributed by atoms with E-state index in [9.17, 15) is 26.4 Å². The highest BCUT2D eigenvalue weighted by molar-refractivity contribution is 7.90. The van der Waals surface area contributed by atoms with E-state index in [1.54, 1.807) is 0 Å². The molecule has 1 saturated carbocycles. The molecule has 3 atom stereocenters. The van der Waals surface area contributed by atoms with Crippen LogP contribution in [0.25, 0.3) is 21.6 Å². The van der Waals surface area contributed by atoms with Crippen molar-refractivity contribution in [2.24, 2.45) is 5.11 Å². The molecule has 0 bridgehead atoms. The van der Waals surface area contributed by atoms with Crippen molar-refractivity contribution in [1.82, 2.24) is 10.6 Å². The lowest BCUT2D eigenvalue weighted by Gasteiger charge is -2.31. The van der Waals surface area contributed by atoms with Gasteiger partial charge in [-0.15, -0.1) is 0 Å². The fourth-order valence-electron chi connectivity index (χ4n) is 4.01. The van der Waals surface area contributed by atoms with E-state index >= 15 is 4.39 Å². The zero-order valence-corrected chi connectivity index (χ0v) is 22.0. The van der Waals surface area contributed by atoms with Crippen LogP contribution < -0.4 is 10.6 Å². The molecule has 39 heavy (non-hydrogen) atoms. The van der Waals surface area contributed by atoms with E-state index in [2.05, 4.69) is 20.7 Å². The molecule has 210 valence electrons. The zero-order valence-electron chi connectivity index (χ0n) is 21.2. The van der Waals surface area contributed by atoms with Crippen molar-refractivity contribution in [3.8, 4) is 11.1 Å². The van der Waals surface area contributed by atoms with Crippen molar-refractivity contribution >= 4 is 22.0 Å². The minimum Gasteiger partial charge on any atom is -0.344 e. The Hall–Kier alpha value is -3.48. The molecule has 9 nitrogen and oxygen atoms in total. The molecule has 1 unspecified atom stereocenters. The molecule has 1 fully saturated rings. The number of nitrogens with zero attached hydrogens (tertiary/aromatic N) is 3. The second-order valence-corrected chi connectivity index (χ2v) is 11.9. The predicted molar refractivity (Wildman–Crippen MR) is 138 cm³/mol. The van der Waals surface area contributed by atoms with Gasteiger partial charge < -0.3 is 10.7 Å². The summed E-state index contributed by atoms with van der Waals surface area (Å²) in [5.74, 6) is -0.905. The Morgan fingerprint density at radius 1 is 1.13 bits per heavy atom. The van der Waals surface area contributed by atoms with Gasteiger partial charge in [0, 0.05) is 23.8 Å². The number of hydrogen-bond donors (Lipinski definition) is 3. The van der Waals surface area contributed by atoms with E-state index in [1.165, 1.54) is 48.5 Å². The molecule has 3 rings (SSSR count). The highest BCUT2D eigenvalue weighted by Gasteiger charge is 2.47. The number of sulfone groups is 1. The number of benzene rings is 2. The summed E-state index contributed by atoms with van der Waals surface area (Å²) < 4.78 is 81.0. The summed E-state index contributed by atoms with van der Waals surface area (Å²) in [6.45, 7) is 0.341. The topological polar surface area (TPSA) is 148 Å². The number of carbonyl (C=O) groups is 1. The average Bonchev–Trinajstić information content (AvgIpc) is 3.64. The lowest BCUT2D eigenvalue weighted by molar-refractivity contribution is -0.161. The Kier molecular flexibility index (Phi) is 8.73. The highest BCUT2D eigenvalue weighted by atomic mass is 32.2. The molecule has 1 amide bonds. The van der Waals surface area contributed by atoms with Gasteiger partial charge in [-0.25, -0.2) is 12.8 Å². The van der Waals surface area contributed by atoms with Gasteiger partial charge in [-0.2, -0.15) is 13.2 Å². The van der Waals surface area contributed by atoms with Gasteiger partial charge in [0.05, 0.1) is 23.0 Å². The van der Waals surface area contributed by atoms with E-state index in [-0.39, 0.29) is 10.5 Å². The largest absolute Gasteiger partial charge is 0.407 e. The minimum atomic E-state index is -4.87. The van der Waals surface area contributed by atoms with Crippen molar-refractivity contribution in [2.75, 3.05) is 12.8 Å². The SMILES string of the molecule is CC(F)(CN=[N+]=[N-])C[C@H](N[C@@H](c1ccc(-c2ccc(S(C)(=O)=O)cc2)cc1)C(F)(F)F)C(=O)NC1(C=N)CC1.